The van der Waals surface area contributed by atoms with Crippen LogP contribution in [0.2, 0.25) is 0 Å². The summed E-state index contributed by atoms with van der Waals surface area (Å²) in [6.45, 7) is 11.5. The highest BCUT2D eigenvalue weighted by Crippen LogP contribution is 2.32. The molecule has 3 saturated heterocycles. The fraction of sp³-hybridized carbons (Fsp3) is 0.875. The Labute approximate surface area is 186 Å². The standard InChI is InChI=1S/C24H40N4O3/c1-24(2,3)23-25-21(26-31-23)17-27-13-8-18(9-14-27)20-7-5-4-6-12-28(20)22(29)19-10-15-30-16-11-19/h18-20H,4-17H2,1-3H3/t20-/m0/s1. The fourth-order valence-electron chi connectivity index (χ4n) is 5.40. The number of carbonyl (C=O) groups is 1. The number of rotatable bonds is 4. The van der Waals surface area contributed by atoms with E-state index in [1.165, 1.54) is 19.3 Å². The lowest BCUT2D eigenvalue weighted by molar-refractivity contribution is -0.142. The van der Waals surface area contributed by atoms with E-state index in [9.17, 15) is 4.79 Å². The summed E-state index contributed by atoms with van der Waals surface area (Å²) in [6, 6.07) is 0.415. The van der Waals surface area contributed by atoms with Crippen LogP contribution in [0.4, 0.5) is 0 Å². The predicted molar refractivity (Wildman–Crippen MR) is 119 cm³/mol. The number of ether oxygens (including phenoxy) is 1. The molecule has 4 rings (SSSR count). The molecule has 1 amide bonds. The predicted octanol–water partition coefficient (Wildman–Crippen LogP) is 3.78. The summed E-state index contributed by atoms with van der Waals surface area (Å²) < 4.78 is 11.0. The molecule has 1 aromatic heterocycles. The highest BCUT2D eigenvalue weighted by atomic mass is 16.5. The second-order valence-corrected chi connectivity index (χ2v) is 10.7. The molecule has 3 fully saturated rings. The molecule has 4 heterocycles. The molecule has 3 aliphatic heterocycles. The molecule has 1 aromatic rings. The average molecular weight is 433 g/mol. The Balaban J connectivity index is 1.34. The third kappa shape index (κ3) is 5.67. The Hall–Kier alpha value is -1.47. The third-order valence-corrected chi connectivity index (χ3v) is 7.30. The van der Waals surface area contributed by atoms with E-state index in [0.29, 0.717) is 23.8 Å². The molecular weight excluding hydrogens is 392 g/mol. The lowest BCUT2D eigenvalue weighted by Gasteiger charge is -2.42. The molecule has 0 unspecified atom stereocenters. The highest BCUT2D eigenvalue weighted by Gasteiger charge is 2.37. The molecule has 174 valence electrons. The number of likely N-dealkylation sites (tertiary alicyclic amines) is 2. The van der Waals surface area contributed by atoms with Crippen LogP contribution in [-0.4, -0.2) is 64.7 Å². The first kappa shape index (κ1) is 22.7. The Morgan fingerprint density at radius 3 is 2.42 bits per heavy atom. The third-order valence-electron chi connectivity index (χ3n) is 7.30. The van der Waals surface area contributed by atoms with Gasteiger partial charge < -0.3 is 14.2 Å². The molecule has 7 heteroatoms. The van der Waals surface area contributed by atoms with Crippen LogP contribution in [0.15, 0.2) is 4.52 Å². The van der Waals surface area contributed by atoms with Gasteiger partial charge in [0.1, 0.15) is 0 Å². The number of hydrogen-bond donors (Lipinski definition) is 0. The van der Waals surface area contributed by atoms with E-state index in [0.717, 1.165) is 77.3 Å². The van der Waals surface area contributed by atoms with Gasteiger partial charge in [-0.2, -0.15) is 4.98 Å². The molecule has 31 heavy (non-hydrogen) atoms. The largest absolute Gasteiger partial charge is 0.381 e. The van der Waals surface area contributed by atoms with Crippen molar-refractivity contribution >= 4 is 5.91 Å². The van der Waals surface area contributed by atoms with Gasteiger partial charge in [-0.15, -0.1) is 0 Å². The number of carbonyl (C=O) groups excluding carboxylic acids is 1. The summed E-state index contributed by atoms with van der Waals surface area (Å²) in [6.07, 6.45) is 8.89. The van der Waals surface area contributed by atoms with E-state index in [1.807, 2.05) is 0 Å². The van der Waals surface area contributed by atoms with Gasteiger partial charge in [-0.1, -0.05) is 38.8 Å². The lowest BCUT2D eigenvalue weighted by Crippen LogP contribution is -2.50. The maximum atomic E-state index is 13.4. The molecule has 0 spiro atoms. The van der Waals surface area contributed by atoms with E-state index in [2.05, 4.69) is 40.7 Å². The molecule has 0 bridgehead atoms. The molecule has 3 aliphatic rings. The molecule has 0 N–H and O–H groups in total. The van der Waals surface area contributed by atoms with Gasteiger partial charge in [0.15, 0.2) is 5.82 Å². The zero-order chi connectivity index (χ0) is 21.8. The van der Waals surface area contributed by atoms with Gasteiger partial charge in [-0.25, -0.2) is 0 Å². The van der Waals surface area contributed by atoms with Crippen molar-refractivity contribution < 1.29 is 14.1 Å². The second kappa shape index (κ2) is 9.99. The smallest absolute Gasteiger partial charge is 0.232 e. The van der Waals surface area contributed by atoms with Gasteiger partial charge in [0, 0.05) is 37.1 Å². The minimum absolute atomic E-state index is 0.113. The summed E-state index contributed by atoms with van der Waals surface area (Å²) in [4.78, 5) is 22.7. The van der Waals surface area contributed by atoms with Crippen LogP contribution in [0.3, 0.4) is 0 Å². The molecule has 0 radical (unpaired) electrons. The van der Waals surface area contributed by atoms with Gasteiger partial charge in [0.25, 0.3) is 0 Å². The Kier molecular flexibility index (Phi) is 7.32. The van der Waals surface area contributed by atoms with Crippen molar-refractivity contribution in [2.24, 2.45) is 11.8 Å². The van der Waals surface area contributed by atoms with Crippen LogP contribution in [-0.2, 0) is 21.5 Å². The van der Waals surface area contributed by atoms with E-state index in [1.54, 1.807) is 0 Å². The van der Waals surface area contributed by atoms with E-state index < -0.39 is 0 Å². The lowest BCUT2D eigenvalue weighted by atomic mass is 9.85. The number of piperidine rings is 1. The van der Waals surface area contributed by atoms with Crippen LogP contribution < -0.4 is 0 Å². The van der Waals surface area contributed by atoms with Crippen molar-refractivity contribution in [3.8, 4) is 0 Å². The van der Waals surface area contributed by atoms with Crippen LogP contribution in [0, 0.1) is 11.8 Å². The number of hydrogen-bond acceptors (Lipinski definition) is 6. The van der Waals surface area contributed by atoms with E-state index in [-0.39, 0.29) is 11.3 Å². The van der Waals surface area contributed by atoms with E-state index in [4.69, 9.17) is 9.26 Å². The molecule has 0 aliphatic carbocycles. The molecule has 0 saturated carbocycles. The minimum Gasteiger partial charge on any atom is -0.381 e. The topological polar surface area (TPSA) is 71.7 Å². The van der Waals surface area contributed by atoms with Crippen LogP contribution in [0.25, 0.3) is 0 Å². The van der Waals surface area contributed by atoms with Gasteiger partial charge in [0.05, 0.1) is 6.54 Å². The molecule has 7 nitrogen and oxygen atoms in total. The quantitative estimate of drug-likeness (QED) is 0.721. The highest BCUT2D eigenvalue weighted by molar-refractivity contribution is 5.79. The van der Waals surface area contributed by atoms with Crippen molar-refractivity contribution in [1.29, 1.82) is 0 Å². The van der Waals surface area contributed by atoms with Gasteiger partial charge >= 0.3 is 0 Å². The van der Waals surface area contributed by atoms with Crippen LogP contribution in [0.1, 0.15) is 83.9 Å². The molecule has 0 aromatic carbocycles. The number of aromatic nitrogens is 2. The maximum Gasteiger partial charge on any atom is 0.232 e. The number of nitrogens with zero attached hydrogens (tertiary/aromatic N) is 4. The average Bonchev–Trinajstić information content (AvgIpc) is 3.11. The second-order valence-electron chi connectivity index (χ2n) is 10.7. The minimum atomic E-state index is -0.113. The van der Waals surface area contributed by atoms with Crippen molar-refractivity contribution in [1.82, 2.24) is 19.9 Å². The van der Waals surface area contributed by atoms with Crippen molar-refractivity contribution in [3.05, 3.63) is 11.7 Å². The van der Waals surface area contributed by atoms with Crippen LogP contribution in [0.5, 0.6) is 0 Å². The Morgan fingerprint density at radius 1 is 1.00 bits per heavy atom. The first-order chi connectivity index (χ1) is 14.9. The van der Waals surface area contributed by atoms with Crippen molar-refractivity contribution in [3.63, 3.8) is 0 Å². The fourth-order valence-corrected chi connectivity index (χ4v) is 5.40. The summed E-state index contributed by atoms with van der Waals surface area (Å²) >= 11 is 0. The Bertz CT molecular complexity index is 715. The first-order valence-electron chi connectivity index (χ1n) is 12.4. The zero-order valence-corrected chi connectivity index (χ0v) is 19.6. The maximum absolute atomic E-state index is 13.4. The van der Waals surface area contributed by atoms with Gasteiger partial charge in [0.2, 0.25) is 11.8 Å². The van der Waals surface area contributed by atoms with Crippen molar-refractivity contribution in [2.75, 3.05) is 32.8 Å². The Morgan fingerprint density at radius 2 is 1.74 bits per heavy atom. The molecular formula is C24H40N4O3. The normalized spacial score (nSPS) is 25.5. The zero-order valence-electron chi connectivity index (χ0n) is 19.6. The van der Waals surface area contributed by atoms with E-state index >= 15 is 0 Å². The summed E-state index contributed by atoms with van der Waals surface area (Å²) in [5.74, 6) is 2.67. The van der Waals surface area contributed by atoms with Gasteiger partial charge in [-0.3, -0.25) is 9.69 Å². The molecule has 1 atom stereocenters. The van der Waals surface area contributed by atoms with Crippen LogP contribution >= 0.6 is 0 Å². The summed E-state index contributed by atoms with van der Waals surface area (Å²) in [5.41, 5.74) is -0.113. The monoisotopic (exact) mass is 432 g/mol. The number of amides is 1. The van der Waals surface area contributed by atoms with Crippen molar-refractivity contribution in [2.45, 2.75) is 90.1 Å². The van der Waals surface area contributed by atoms with Gasteiger partial charge in [-0.05, 0) is 57.5 Å². The SMILES string of the molecule is CC(C)(C)c1nc(CN2CCC([C@@H]3CCCCCN3C(=O)C3CCOCC3)CC2)no1. The summed E-state index contributed by atoms with van der Waals surface area (Å²) in [7, 11) is 0. The first-order valence-corrected chi connectivity index (χ1v) is 12.4. The summed E-state index contributed by atoms with van der Waals surface area (Å²) in [5, 5.41) is 4.19.